The molecule has 0 aliphatic heterocycles. The Bertz CT molecular complexity index is 253. The highest BCUT2D eigenvalue weighted by atomic mass is 16.3. The van der Waals surface area contributed by atoms with E-state index in [9.17, 15) is 0 Å². The van der Waals surface area contributed by atoms with Gasteiger partial charge in [0.2, 0.25) is 0 Å². The highest BCUT2D eigenvalue weighted by Crippen LogP contribution is 2.07. The number of hydrogen-bond acceptors (Lipinski definition) is 2. The second kappa shape index (κ2) is 3.05. The van der Waals surface area contributed by atoms with Crippen LogP contribution in [0.4, 0.5) is 0 Å². The summed E-state index contributed by atoms with van der Waals surface area (Å²) < 4.78 is 2.02. The molecule has 1 aromatic heterocycles. The van der Waals surface area contributed by atoms with E-state index in [-0.39, 0.29) is 6.61 Å². The minimum atomic E-state index is 0.170. The van der Waals surface area contributed by atoms with Crippen molar-refractivity contribution >= 4 is 0 Å². The summed E-state index contributed by atoms with van der Waals surface area (Å²) in [5.74, 6) is 0.961. The largest absolute Gasteiger partial charge is 0.396 e. The Kier molecular flexibility index (Phi) is 2.29. The van der Waals surface area contributed by atoms with Crippen LogP contribution < -0.4 is 0 Å². The zero-order valence-corrected chi connectivity index (χ0v) is 7.26. The van der Waals surface area contributed by atoms with Crippen LogP contribution in [0.2, 0.25) is 0 Å². The molecule has 11 heavy (non-hydrogen) atoms. The van der Waals surface area contributed by atoms with Gasteiger partial charge in [0.1, 0.15) is 5.82 Å². The van der Waals surface area contributed by atoms with Crippen molar-refractivity contribution in [2.75, 3.05) is 6.61 Å². The van der Waals surface area contributed by atoms with Gasteiger partial charge in [-0.3, -0.25) is 0 Å². The Labute approximate surface area is 66.7 Å². The first-order chi connectivity index (χ1) is 5.16. The molecule has 0 bridgehead atoms. The predicted octanol–water partition coefficient (Wildman–Crippen LogP) is 0.572. The van der Waals surface area contributed by atoms with Crippen molar-refractivity contribution in [2.24, 2.45) is 7.05 Å². The lowest BCUT2D eigenvalue weighted by molar-refractivity contribution is 0.295. The van der Waals surface area contributed by atoms with Gasteiger partial charge >= 0.3 is 0 Å². The first kappa shape index (κ1) is 8.27. The lowest BCUT2D eigenvalue weighted by Gasteiger charge is -1.99. The van der Waals surface area contributed by atoms with Crippen molar-refractivity contribution in [1.29, 1.82) is 0 Å². The Balaban J connectivity index is 2.98. The molecular weight excluding hydrogens is 140 g/mol. The number of rotatable bonds is 2. The van der Waals surface area contributed by atoms with Crippen molar-refractivity contribution in [1.82, 2.24) is 9.55 Å². The van der Waals surface area contributed by atoms with Gasteiger partial charge in [-0.2, -0.15) is 0 Å². The van der Waals surface area contributed by atoms with Gasteiger partial charge in [0.25, 0.3) is 0 Å². The van der Waals surface area contributed by atoms with Crippen LogP contribution in [0.3, 0.4) is 0 Å². The minimum Gasteiger partial charge on any atom is -0.396 e. The van der Waals surface area contributed by atoms with Gasteiger partial charge in [-0.1, -0.05) is 0 Å². The molecule has 0 unspecified atom stereocenters. The van der Waals surface area contributed by atoms with Crippen molar-refractivity contribution in [3.63, 3.8) is 0 Å². The van der Waals surface area contributed by atoms with E-state index < -0.39 is 0 Å². The molecule has 3 nitrogen and oxygen atoms in total. The summed E-state index contributed by atoms with van der Waals surface area (Å²) in [5, 5.41) is 8.69. The highest BCUT2D eigenvalue weighted by Gasteiger charge is 2.05. The van der Waals surface area contributed by atoms with Gasteiger partial charge in [0.15, 0.2) is 0 Å². The van der Waals surface area contributed by atoms with E-state index in [1.165, 1.54) is 5.69 Å². The van der Waals surface area contributed by atoms with Crippen LogP contribution in [0, 0.1) is 13.8 Å². The van der Waals surface area contributed by atoms with Gasteiger partial charge in [-0.05, 0) is 13.8 Å². The fraction of sp³-hybridized carbons (Fsp3) is 0.625. The Hall–Kier alpha value is -0.830. The molecule has 0 fully saturated rings. The van der Waals surface area contributed by atoms with Crippen molar-refractivity contribution in [2.45, 2.75) is 20.3 Å². The summed E-state index contributed by atoms with van der Waals surface area (Å²) in [7, 11) is 1.97. The number of nitrogens with zero attached hydrogens (tertiary/aromatic N) is 2. The number of aliphatic hydroxyl groups excluding tert-OH is 1. The SMILES string of the molecule is Cc1nc(CCO)n(C)c1C. The maximum absolute atomic E-state index is 8.69. The topological polar surface area (TPSA) is 38.1 Å². The molecule has 3 heteroatoms. The third kappa shape index (κ3) is 1.43. The van der Waals surface area contributed by atoms with Crippen molar-refractivity contribution < 1.29 is 5.11 Å². The standard InChI is InChI=1S/C8H14N2O/c1-6-7(2)10(3)8(9-6)4-5-11/h11H,4-5H2,1-3H3. The van der Waals surface area contributed by atoms with Crippen LogP contribution in [-0.4, -0.2) is 21.3 Å². The minimum absolute atomic E-state index is 0.170. The molecule has 0 aliphatic carbocycles. The molecule has 0 amide bonds. The number of aromatic nitrogens is 2. The van der Waals surface area contributed by atoms with E-state index in [4.69, 9.17) is 5.11 Å². The normalized spacial score (nSPS) is 10.5. The number of imidazole rings is 1. The quantitative estimate of drug-likeness (QED) is 0.676. The van der Waals surface area contributed by atoms with E-state index in [0.717, 1.165) is 11.5 Å². The van der Waals surface area contributed by atoms with Crippen molar-refractivity contribution in [3.8, 4) is 0 Å². The van der Waals surface area contributed by atoms with Gasteiger partial charge in [0, 0.05) is 19.2 Å². The lowest BCUT2D eigenvalue weighted by Crippen LogP contribution is -2.01. The van der Waals surface area contributed by atoms with Crippen LogP contribution in [0.5, 0.6) is 0 Å². The van der Waals surface area contributed by atoms with E-state index in [1.54, 1.807) is 0 Å². The summed E-state index contributed by atoms with van der Waals surface area (Å²) in [6, 6.07) is 0. The molecule has 0 aliphatic rings. The third-order valence-electron chi connectivity index (χ3n) is 2.05. The van der Waals surface area contributed by atoms with E-state index in [2.05, 4.69) is 4.98 Å². The second-order valence-electron chi connectivity index (χ2n) is 2.73. The van der Waals surface area contributed by atoms with Crippen molar-refractivity contribution in [3.05, 3.63) is 17.2 Å². The van der Waals surface area contributed by atoms with E-state index in [0.29, 0.717) is 6.42 Å². The van der Waals surface area contributed by atoms with Crippen LogP contribution in [0.1, 0.15) is 17.2 Å². The molecule has 0 aromatic carbocycles. The second-order valence-corrected chi connectivity index (χ2v) is 2.73. The Morgan fingerprint density at radius 3 is 2.45 bits per heavy atom. The fourth-order valence-corrected chi connectivity index (χ4v) is 1.11. The molecule has 62 valence electrons. The highest BCUT2D eigenvalue weighted by molar-refractivity contribution is 5.13. The fourth-order valence-electron chi connectivity index (χ4n) is 1.11. The maximum Gasteiger partial charge on any atom is 0.111 e. The number of aliphatic hydroxyl groups is 1. The summed E-state index contributed by atoms with van der Waals surface area (Å²) in [6.07, 6.45) is 0.644. The summed E-state index contributed by atoms with van der Waals surface area (Å²) >= 11 is 0. The zero-order valence-electron chi connectivity index (χ0n) is 7.26. The molecule has 1 aromatic rings. The first-order valence-corrected chi connectivity index (χ1v) is 3.76. The molecule has 0 spiro atoms. The van der Waals surface area contributed by atoms with Crippen LogP contribution in [-0.2, 0) is 13.5 Å². The summed E-state index contributed by atoms with van der Waals surface area (Å²) in [6.45, 7) is 4.18. The molecule has 1 heterocycles. The first-order valence-electron chi connectivity index (χ1n) is 3.76. The van der Waals surface area contributed by atoms with Gasteiger partial charge in [-0.15, -0.1) is 0 Å². The Morgan fingerprint density at radius 1 is 1.45 bits per heavy atom. The molecule has 0 saturated heterocycles. The van der Waals surface area contributed by atoms with Crippen LogP contribution in [0.25, 0.3) is 0 Å². The Morgan fingerprint density at radius 2 is 2.09 bits per heavy atom. The zero-order chi connectivity index (χ0) is 8.43. The van der Waals surface area contributed by atoms with Gasteiger partial charge in [0.05, 0.1) is 12.3 Å². The molecular formula is C8H14N2O. The summed E-state index contributed by atoms with van der Waals surface area (Å²) in [4.78, 5) is 4.30. The van der Waals surface area contributed by atoms with Crippen LogP contribution >= 0.6 is 0 Å². The average Bonchev–Trinajstić information content (AvgIpc) is 2.19. The molecule has 1 rings (SSSR count). The van der Waals surface area contributed by atoms with E-state index in [1.807, 2.05) is 25.5 Å². The number of aryl methyl sites for hydroxylation is 1. The summed E-state index contributed by atoms with van der Waals surface area (Å²) in [5.41, 5.74) is 2.23. The monoisotopic (exact) mass is 154 g/mol. The molecule has 1 N–H and O–H groups in total. The van der Waals surface area contributed by atoms with Gasteiger partial charge in [-0.25, -0.2) is 4.98 Å². The molecule has 0 saturated carbocycles. The van der Waals surface area contributed by atoms with Gasteiger partial charge < -0.3 is 9.67 Å². The third-order valence-corrected chi connectivity index (χ3v) is 2.05. The predicted molar refractivity (Wildman–Crippen MR) is 43.5 cm³/mol. The molecule has 0 atom stereocenters. The molecule has 0 radical (unpaired) electrons. The average molecular weight is 154 g/mol. The smallest absolute Gasteiger partial charge is 0.111 e. The van der Waals surface area contributed by atoms with E-state index >= 15 is 0 Å². The maximum atomic E-state index is 8.69. The lowest BCUT2D eigenvalue weighted by atomic mass is 10.4. The van der Waals surface area contributed by atoms with Crippen LogP contribution in [0.15, 0.2) is 0 Å². The number of hydrogen-bond donors (Lipinski definition) is 1.